The van der Waals surface area contributed by atoms with Crippen LogP contribution >= 0.6 is 0 Å². The highest BCUT2D eigenvalue weighted by molar-refractivity contribution is 5.89. The lowest BCUT2D eigenvalue weighted by atomic mass is 10.0. The lowest BCUT2D eigenvalue weighted by Crippen LogP contribution is -2.57. The molecule has 0 spiro atoms. The molecule has 0 rings (SSSR count). The summed E-state index contributed by atoms with van der Waals surface area (Å²) in [6, 6.07) is -0.603. The molecule has 1 atom stereocenters. The first-order chi connectivity index (χ1) is 7.78. The van der Waals surface area contributed by atoms with E-state index in [1.165, 1.54) is 18.7 Å². The van der Waals surface area contributed by atoms with Crippen molar-refractivity contribution in [2.75, 3.05) is 6.54 Å². The van der Waals surface area contributed by atoms with E-state index >= 15 is 0 Å². The molecule has 100 valence electrons. The fourth-order valence-corrected chi connectivity index (χ4v) is 1.69. The van der Waals surface area contributed by atoms with Crippen LogP contribution in [0.25, 0.3) is 0 Å². The van der Waals surface area contributed by atoms with Gasteiger partial charge in [0.2, 0.25) is 5.91 Å². The van der Waals surface area contributed by atoms with E-state index in [1.54, 1.807) is 6.92 Å². The van der Waals surface area contributed by atoms with Gasteiger partial charge in [-0.1, -0.05) is 19.8 Å². The van der Waals surface area contributed by atoms with Crippen LogP contribution in [0.15, 0.2) is 0 Å². The van der Waals surface area contributed by atoms with E-state index in [9.17, 15) is 9.59 Å². The molecule has 5 nitrogen and oxygen atoms in total. The van der Waals surface area contributed by atoms with Gasteiger partial charge < -0.3 is 15.7 Å². The number of rotatable bonds is 7. The van der Waals surface area contributed by atoms with Gasteiger partial charge in [-0.15, -0.1) is 0 Å². The Labute approximate surface area is 103 Å². The second-order valence-electron chi connectivity index (χ2n) is 4.70. The maximum atomic E-state index is 12.1. The zero-order valence-electron chi connectivity index (χ0n) is 11.2. The molecule has 0 aromatic carbocycles. The molecule has 0 radical (unpaired) electrons. The van der Waals surface area contributed by atoms with Gasteiger partial charge in [-0.2, -0.15) is 0 Å². The Hall–Kier alpha value is -1.10. The zero-order valence-corrected chi connectivity index (χ0v) is 11.2. The third kappa shape index (κ3) is 4.00. The second-order valence-corrected chi connectivity index (χ2v) is 4.70. The number of carbonyl (C=O) groups excluding carboxylic acids is 1. The van der Waals surface area contributed by atoms with Crippen LogP contribution < -0.4 is 5.73 Å². The first kappa shape index (κ1) is 15.9. The van der Waals surface area contributed by atoms with Gasteiger partial charge in [0.15, 0.2) is 0 Å². The van der Waals surface area contributed by atoms with E-state index < -0.39 is 17.6 Å². The second kappa shape index (κ2) is 6.59. The number of nitrogens with two attached hydrogens (primary N) is 1. The van der Waals surface area contributed by atoms with Crippen molar-refractivity contribution in [3.05, 3.63) is 0 Å². The number of likely N-dealkylation sites (N-methyl/N-ethyl adjacent to an activating group) is 1. The monoisotopic (exact) mass is 244 g/mol. The Morgan fingerprint density at radius 2 is 1.88 bits per heavy atom. The van der Waals surface area contributed by atoms with Crippen molar-refractivity contribution in [3.8, 4) is 0 Å². The first-order valence-corrected chi connectivity index (χ1v) is 6.09. The molecule has 0 saturated heterocycles. The van der Waals surface area contributed by atoms with Crippen molar-refractivity contribution in [3.63, 3.8) is 0 Å². The maximum Gasteiger partial charge on any atom is 0.329 e. The molecule has 0 heterocycles. The molecule has 0 aromatic heterocycles. The summed E-state index contributed by atoms with van der Waals surface area (Å²) in [5, 5.41) is 9.11. The van der Waals surface area contributed by atoms with Gasteiger partial charge in [0.25, 0.3) is 0 Å². The molecule has 5 heteroatoms. The normalized spacial score (nSPS) is 13.2. The van der Waals surface area contributed by atoms with Crippen LogP contribution in [-0.4, -0.2) is 40.0 Å². The Balaban J connectivity index is 4.77. The molecule has 0 aromatic rings. The molecule has 0 aliphatic carbocycles. The quantitative estimate of drug-likeness (QED) is 0.705. The van der Waals surface area contributed by atoms with Gasteiger partial charge in [-0.05, 0) is 27.2 Å². The first-order valence-electron chi connectivity index (χ1n) is 6.09. The van der Waals surface area contributed by atoms with Crippen LogP contribution in [0, 0.1) is 0 Å². The maximum absolute atomic E-state index is 12.1. The number of carbonyl (C=O) groups is 2. The molecular weight excluding hydrogens is 220 g/mol. The van der Waals surface area contributed by atoms with Gasteiger partial charge in [0.1, 0.15) is 5.54 Å². The minimum atomic E-state index is -1.21. The Kier molecular flexibility index (Phi) is 6.16. The van der Waals surface area contributed by atoms with E-state index in [2.05, 4.69) is 0 Å². The van der Waals surface area contributed by atoms with E-state index in [0.29, 0.717) is 13.0 Å². The zero-order chi connectivity index (χ0) is 13.6. The number of carboxylic acids is 1. The molecular formula is C12H24N2O3. The highest BCUT2D eigenvalue weighted by Gasteiger charge is 2.38. The minimum absolute atomic E-state index is 0.284. The van der Waals surface area contributed by atoms with Crippen molar-refractivity contribution >= 4 is 11.9 Å². The van der Waals surface area contributed by atoms with Crippen LogP contribution in [0.3, 0.4) is 0 Å². The third-order valence-corrected chi connectivity index (χ3v) is 2.97. The van der Waals surface area contributed by atoms with Gasteiger partial charge in [-0.3, -0.25) is 4.79 Å². The third-order valence-electron chi connectivity index (χ3n) is 2.97. The van der Waals surface area contributed by atoms with Crippen molar-refractivity contribution in [2.45, 2.75) is 58.5 Å². The number of nitrogens with zero attached hydrogens (tertiary/aromatic N) is 1. The Bertz CT molecular complexity index is 277. The summed E-state index contributed by atoms with van der Waals surface area (Å²) < 4.78 is 0. The van der Waals surface area contributed by atoms with Gasteiger partial charge in [-0.25, -0.2) is 4.79 Å². The lowest BCUT2D eigenvalue weighted by molar-refractivity contribution is -0.157. The number of aliphatic carboxylic acids is 1. The Morgan fingerprint density at radius 3 is 2.24 bits per heavy atom. The van der Waals surface area contributed by atoms with Crippen molar-refractivity contribution in [2.24, 2.45) is 5.73 Å². The van der Waals surface area contributed by atoms with Crippen molar-refractivity contribution in [1.29, 1.82) is 0 Å². The van der Waals surface area contributed by atoms with E-state index in [0.717, 1.165) is 12.8 Å². The van der Waals surface area contributed by atoms with E-state index in [1.807, 2.05) is 6.92 Å². The minimum Gasteiger partial charge on any atom is -0.480 e. The van der Waals surface area contributed by atoms with Crippen LogP contribution in [0.1, 0.15) is 47.0 Å². The van der Waals surface area contributed by atoms with Gasteiger partial charge >= 0.3 is 5.97 Å². The molecule has 0 fully saturated rings. The number of hydrogen-bond acceptors (Lipinski definition) is 3. The summed E-state index contributed by atoms with van der Waals surface area (Å²) in [5.74, 6) is -1.30. The average Bonchev–Trinajstić information content (AvgIpc) is 2.25. The number of amides is 1. The van der Waals surface area contributed by atoms with E-state index in [4.69, 9.17) is 10.8 Å². The summed E-state index contributed by atoms with van der Waals surface area (Å²) >= 11 is 0. The standard InChI is InChI=1S/C12H24N2O3/c1-5-7-8-9(13)10(15)14(6-2)12(3,4)11(16)17/h9H,5-8,13H2,1-4H3,(H,16,17). The molecule has 3 N–H and O–H groups in total. The van der Waals surface area contributed by atoms with Crippen LogP contribution in [0.2, 0.25) is 0 Å². The fraction of sp³-hybridized carbons (Fsp3) is 0.833. The SMILES string of the molecule is CCCCC(N)C(=O)N(CC)C(C)(C)C(=O)O. The largest absolute Gasteiger partial charge is 0.480 e. The van der Waals surface area contributed by atoms with Crippen LogP contribution in [0.5, 0.6) is 0 Å². The molecule has 0 aliphatic heterocycles. The van der Waals surface area contributed by atoms with Crippen LogP contribution in [0.4, 0.5) is 0 Å². The fourth-order valence-electron chi connectivity index (χ4n) is 1.69. The molecule has 1 amide bonds. The topological polar surface area (TPSA) is 83.6 Å². The van der Waals surface area contributed by atoms with Gasteiger partial charge in [0.05, 0.1) is 6.04 Å². The molecule has 17 heavy (non-hydrogen) atoms. The summed E-state index contributed by atoms with van der Waals surface area (Å²) in [5.41, 5.74) is 4.58. The van der Waals surface area contributed by atoms with Gasteiger partial charge in [0, 0.05) is 6.54 Å². The number of hydrogen-bond donors (Lipinski definition) is 2. The van der Waals surface area contributed by atoms with Crippen LogP contribution in [-0.2, 0) is 9.59 Å². The molecule has 0 aliphatic rings. The molecule has 0 bridgehead atoms. The lowest BCUT2D eigenvalue weighted by Gasteiger charge is -2.35. The average molecular weight is 244 g/mol. The van der Waals surface area contributed by atoms with Crippen molar-refractivity contribution < 1.29 is 14.7 Å². The predicted molar refractivity (Wildman–Crippen MR) is 66.6 cm³/mol. The number of carboxylic acid groups (broad SMARTS) is 1. The molecule has 1 unspecified atom stereocenters. The summed E-state index contributed by atoms with van der Waals surface area (Å²) in [6.45, 7) is 7.16. The summed E-state index contributed by atoms with van der Waals surface area (Å²) in [7, 11) is 0. The molecule has 0 saturated carbocycles. The predicted octanol–water partition coefficient (Wildman–Crippen LogP) is 1.22. The summed E-state index contributed by atoms with van der Waals surface area (Å²) in [6.07, 6.45) is 2.44. The number of unbranched alkanes of at least 4 members (excludes halogenated alkanes) is 1. The highest BCUT2D eigenvalue weighted by Crippen LogP contribution is 2.16. The highest BCUT2D eigenvalue weighted by atomic mass is 16.4. The smallest absolute Gasteiger partial charge is 0.329 e. The van der Waals surface area contributed by atoms with E-state index in [-0.39, 0.29) is 5.91 Å². The Morgan fingerprint density at radius 1 is 1.35 bits per heavy atom. The van der Waals surface area contributed by atoms with Crippen molar-refractivity contribution in [1.82, 2.24) is 4.90 Å². The summed E-state index contributed by atoms with van der Waals surface area (Å²) in [4.78, 5) is 24.5.